The van der Waals surface area contributed by atoms with Crippen LogP contribution in [0.15, 0.2) is 12.7 Å². The van der Waals surface area contributed by atoms with Gasteiger partial charge < -0.3 is 5.11 Å². The zero-order chi connectivity index (χ0) is 8.69. The van der Waals surface area contributed by atoms with Gasteiger partial charge in [0.25, 0.3) is 0 Å². The largest absolute Gasteiger partial charge is 0.481 e. The van der Waals surface area contributed by atoms with Crippen LogP contribution in [0.25, 0.3) is 0 Å². The van der Waals surface area contributed by atoms with Crippen molar-refractivity contribution in [2.45, 2.75) is 19.3 Å². The first-order valence-electron chi connectivity index (χ1n) is 3.49. The minimum Gasteiger partial charge on any atom is -0.481 e. The van der Waals surface area contributed by atoms with Crippen molar-refractivity contribution in [3.8, 4) is 12.3 Å². The second kappa shape index (κ2) is 5.55. The first-order chi connectivity index (χ1) is 5.22. The highest BCUT2D eigenvalue weighted by Gasteiger charge is 2.13. The minimum absolute atomic E-state index is 0.358. The van der Waals surface area contributed by atoms with Crippen LogP contribution in [0.1, 0.15) is 19.3 Å². The van der Waals surface area contributed by atoms with Gasteiger partial charge in [-0.3, -0.25) is 4.79 Å². The Hall–Kier alpha value is -1.23. The number of carbonyl (C=O) groups is 1. The van der Waals surface area contributed by atoms with Crippen LogP contribution in [0.3, 0.4) is 0 Å². The topological polar surface area (TPSA) is 37.3 Å². The van der Waals surface area contributed by atoms with E-state index in [0.29, 0.717) is 19.3 Å². The van der Waals surface area contributed by atoms with E-state index in [2.05, 4.69) is 12.5 Å². The Morgan fingerprint density at radius 3 is 2.82 bits per heavy atom. The number of terminal acetylenes is 1. The van der Waals surface area contributed by atoms with Gasteiger partial charge in [0.05, 0.1) is 5.92 Å². The van der Waals surface area contributed by atoms with Crippen LogP contribution in [0.2, 0.25) is 0 Å². The summed E-state index contributed by atoms with van der Waals surface area (Å²) in [6.45, 7) is 3.48. The van der Waals surface area contributed by atoms with E-state index in [0.717, 1.165) is 0 Å². The lowest BCUT2D eigenvalue weighted by molar-refractivity contribution is -0.141. The zero-order valence-corrected chi connectivity index (χ0v) is 6.42. The summed E-state index contributed by atoms with van der Waals surface area (Å²) in [5, 5.41) is 8.61. The predicted octanol–water partition coefficient (Wildman–Crippen LogP) is 1.68. The van der Waals surface area contributed by atoms with Gasteiger partial charge in [-0.15, -0.1) is 18.9 Å². The molecule has 60 valence electrons. The Morgan fingerprint density at radius 2 is 2.45 bits per heavy atom. The summed E-state index contributed by atoms with van der Waals surface area (Å²) in [6.07, 6.45) is 8.17. The molecule has 0 amide bonds. The maximum absolute atomic E-state index is 10.5. The van der Waals surface area contributed by atoms with Gasteiger partial charge in [0.15, 0.2) is 0 Å². The zero-order valence-electron chi connectivity index (χ0n) is 6.42. The molecule has 0 aliphatic heterocycles. The smallest absolute Gasteiger partial charge is 0.306 e. The molecule has 11 heavy (non-hydrogen) atoms. The second-order valence-corrected chi connectivity index (χ2v) is 2.30. The molecular weight excluding hydrogens is 140 g/mol. The third-order valence-corrected chi connectivity index (χ3v) is 1.44. The standard InChI is InChI=1S/C9H12O2/c1-3-5-7-8(6-4-2)9(10)11/h1,4,8H,2,5-7H2,(H,10,11)/t8-/m1/s1. The molecule has 0 bridgehead atoms. The molecule has 0 radical (unpaired) electrons. The van der Waals surface area contributed by atoms with Gasteiger partial charge in [0, 0.05) is 6.42 Å². The lowest BCUT2D eigenvalue weighted by Gasteiger charge is -2.05. The summed E-state index contributed by atoms with van der Waals surface area (Å²) in [7, 11) is 0. The van der Waals surface area contributed by atoms with E-state index in [1.807, 2.05) is 0 Å². The van der Waals surface area contributed by atoms with Crippen LogP contribution in [0, 0.1) is 18.3 Å². The van der Waals surface area contributed by atoms with Gasteiger partial charge in [-0.2, -0.15) is 0 Å². The van der Waals surface area contributed by atoms with E-state index >= 15 is 0 Å². The number of rotatable bonds is 5. The van der Waals surface area contributed by atoms with Crippen LogP contribution in [0.4, 0.5) is 0 Å². The molecule has 0 aromatic rings. The highest BCUT2D eigenvalue weighted by Crippen LogP contribution is 2.11. The maximum Gasteiger partial charge on any atom is 0.306 e. The van der Waals surface area contributed by atoms with Crippen molar-refractivity contribution in [2.75, 3.05) is 0 Å². The molecule has 0 unspecified atom stereocenters. The average Bonchev–Trinajstić information content (AvgIpc) is 1.97. The van der Waals surface area contributed by atoms with E-state index in [-0.39, 0.29) is 5.92 Å². The number of carboxylic acid groups (broad SMARTS) is 1. The molecule has 2 heteroatoms. The van der Waals surface area contributed by atoms with Gasteiger partial charge in [-0.25, -0.2) is 0 Å². The first kappa shape index (κ1) is 9.77. The van der Waals surface area contributed by atoms with Crippen molar-refractivity contribution < 1.29 is 9.90 Å². The number of aliphatic carboxylic acids is 1. The third kappa shape index (κ3) is 4.21. The van der Waals surface area contributed by atoms with Crippen LogP contribution in [-0.4, -0.2) is 11.1 Å². The number of carboxylic acids is 1. The van der Waals surface area contributed by atoms with Crippen molar-refractivity contribution in [2.24, 2.45) is 5.92 Å². The number of allylic oxidation sites excluding steroid dienone is 1. The first-order valence-corrected chi connectivity index (χ1v) is 3.49. The van der Waals surface area contributed by atoms with Crippen LogP contribution in [0.5, 0.6) is 0 Å². The van der Waals surface area contributed by atoms with Crippen molar-refractivity contribution in [3.05, 3.63) is 12.7 Å². The summed E-state index contributed by atoms with van der Waals surface area (Å²) in [5.41, 5.74) is 0. The molecule has 0 rings (SSSR count). The van der Waals surface area contributed by atoms with Gasteiger partial charge in [0.2, 0.25) is 0 Å². The van der Waals surface area contributed by atoms with E-state index in [1.165, 1.54) is 0 Å². The number of hydrogen-bond donors (Lipinski definition) is 1. The maximum atomic E-state index is 10.5. The summed E-state index contributed by atoms with van der Waals surface area (Å²) in [5.74, 6) is 1.26. The van der Waals surface area contributed by atoms with Crippen molar-refractivity contribution in [1.29, 1.82) is 0 Å². The summed E-state index contributed by atoms with van der Waals surface area (Å²) >= 11 is 0. The predicted molar refractivity (Wildman–Crippen MR) is 44.0 cm³/mol. The molecule has 0 aliphatic rings. The van der Waals surface area contributed by atoms with Crippen LogP contribution in [-0.2, 0) is 4.79 Å². The highest BCUT2D eigenvalue weighted by molar-refractivity contribution is 5.70. The van der Waals surface area contributed by atoms with Gasteiger partial charge in [-0.05, 0) is 12.8 Å². The summed E-state index contributed by atoms with van der Waals surface area (Å²) in [6, 6.07) is 0. The Balaban J connectivity index is 3.80. The summed E-state index contributed by atoms with van der Waals surface area (Å²) in [4.78, 5) is 10.5. The van der Waals surface area contributed by atoms with E-state index in [4.69, 9.17) is 11.5 Å². The molecule has 0 fully saturated rings. The molecule has 0 aromatic heterocycles. The van der Waals surface area contributed by atoms with E-state index in [1.54, 1.807) is 6.08 Å². The normalized spacial score (nSPS) is 11.5. The Labute approximate surface area is 66.9 Å². The fourth-order valence-electron chi connectivity index (χ4n) is 0.801. The fourth-order valence-corrected chi connectivity index (χ4v) is 0.801. The molecule has 0 saturated heterocycles. The molecule has 0 heterocycles. The van der Waals surface area contributed by atoms with Crippen LogP contribution < -0.4 is 0 Å². The third-order valence-electron chi connectivity index (χ3n) is 1.44. The van der Waals surface area contributed by atoms with Gasteiger partial charge in [-0.1, -0.05) is 6.08 Å². The van der Waals surface area contributed by atoms with Gasteiger partial charge in [0.1, 0.15) is 0 Å². The lowest BCUT2D eigenvalue weighted by Crippen LogP contribution is -2.12. The monoisotopic (exact) mass is 152 g/mol. The van der Waals surface area contributed by atoms with Crippen LogP contribution >= 0.6 is 0 Å². The molecule has 0 aromatic carbocycles. The highest BCUT2D eigenvalue weighted by atomic mass is 16.4. The van der Waals surface area contributed by atoms with Crippen molar-refractivity contribution in [3.63, 3.8) is 0 Å². The Bertz CT molecular complexity index is 176. The lowest BCUT2D eigenvalue weighted by atomic mass is 10.0. The SMILES string of the molecule is C#CCC[C@@H](CC=C)C(=O)O. The molecular formula is C9H12O2. The van der Waals surface area contributed by atoms with E-state index < -0.39 is 5.97 Å². The van der Waals surface area contributed by atoms with Gasteiger partial charge >= 0.3 is 5.97 Å². The molecule has 1 atom stereocenters. The number of hydrogen-bond acceptors (Lipinski definition) is 1. The average molecular weight is 152 g/mol. The second-order valence-electron chi connectivity index (χ2n) is 2.30. The molecule has 1 N–H and O–H groups in total. The molecule has 0 saturated carbocycles. The molecule has 0 spiro atoms. The quantitative estimate of drug-likeness (QED) is 0.480. The minimum atomic E-state index is -0.792. The Kier molecular flexibility index (Phi) is 4.93. The summed E-state index contributed by atoms with van der Waals surface area (Å²) < 4.78 is 0. The van der Waals surface area contributed by atoms with E-state index in [9.17, 15) is 4.79 Å². The Morgan fingerprint density at radius 1 is 1.82 bits per heavy atom. The van der Waals surface area contributed by atoms with Crippen molar-refractivity contribution >= 4 is 5.97 Å². The fraction of sp³-hybridized carbons (Fsp3) is 0.444. The molecule has 0 aliphatic carbocycles. The molecule has 2 nitrogen and oxygen atoms in total. The van der Waals surface area contributed by atoms with Crippen molar-refractivity contribution in [1.82, 2.24) is 0 Å².